The highest BCUT2D eigenvalue weighted by molar-refractivity contribution is 7.71. The molecule has 0 amide bonds. The van der Waals surface area contributed by atoms with Crippen molar-refractivity contribution in [3.05, 3.63) is 17.2 Å². The van der Waals surface area contributed by atoms with Crippen LogP contribution in [0, 0.1) is 16.1 Å². The fraction of sp³-hybridized carbons (Fsp3) is 0.727. The summed E-state index contributed by atoms with van der Waals surface area (Å²) in [7, 11) is 0. The van der Waals surface area contributed by atoms with E-state index < -0.39 is 0 Å². The Hall–Kier alpha value is -0.570. The average molecular weight is 210 g/mol. The molecule has 1 saturated carbocycles. The van der Waals surface area contributed by atoms with Crippen molar-refractivity contribution in [2.24, 2.45) is 11.3 Å². The minimum atomic E-state index is 0.388. The highest BCUT2D eigenvalue weighted by Gasteiger charge is 2.34. The minimum absolute atomic E-state index is 0.388. The van der Waals surface area contributed by atoms with E-state index >= 15 is 0 Å². The second-order valence-corrected chi connectivity index (χ2v) is 5.40. The molecule has 1 fully saturated rings. The van der Waals surface area contributed by atoms with E-state index in [1.54, 1.807) is 0 Å². The Morgan fingerprint density at radius 1 is 1.57 bits per heavy atom. The third-order valence-electron chi connectivity index (χ3n) is 3.51. The zero-order chi connectivity index (χ0) is 10.2. The molecule has 0 atom stereocenters. The lowest BCUT2D eigenvalue weighted by atomic mass is 9.67. The topological polar surface area (TPSA) is 20.7 Å². The number of hydrogen-bond donors (Lipinski definition) is 1. The van der Waals surface area contributed by atoms with Crippen molar-refractivity contribution >= 4 is 12.2 Å². The molecule has 14 heavy (non-hydrogen) atoms. The van der Waals surface area contributed by atoms with Crippen molar-refractivity contribution in [1.82, 2.24) is 9.55 Å². The quantitative estimate of drug-likeness (QED) is 0.759. The molecule has 1 aromatic rings. The molecule has 0 radical (unpaired) electrons. The molecule has 3 heteroatoms. The second-order valence-electron chi connectivity index (χ2n) is 5.01. The Labute approximate surface area is 90.3 Å². The lowest BCUT2D eigenvalue weighted by Gasteiger charge is -2.40. The van der Waals surface area contributed by atoms with Gasteiger partial charge in [-0.15, -0.1) is 0 Å². The molecule has 2 nitrogen and oxygen atoms in total. The maximum atomic E-state index is 5.20. The molecule has 78 valence electrons. The van der Waals surface area contributed by atoms with Crippen LogP contribution < -0.4 is 0 Å². The molecule has 1 aromatic heterocycles. The van der Waals surface area contributed by atoms with Crippen LogP contribution in [-0.4, -0.2) is 9.55 Å². The fourth-order valence-electron chi connectivity index (χ4n) is 2.23. The van der Waals surface area contributed by atoms with Gasteiger partial charge in [0.2, 0.25) is 0 Å². The summed E-state index contributed by atoms with van der Waals surface area (Å²) in [5.41, 5.74) is 0.388. The van der Waals surface area contributed by atoms with Crippen LogP contribution in [0.2, 0.25) is 0 Å². The summed E-state index contributed by atoms with van der Waals surface area (Å²) in [6.45, 7) is 5.75. The lowest BCUT2D eigenvalue weighted by Crippen LogP contribution is -2.33. The number of nitrogens with zero attached hydrogens (tertiary/aromatic N) is 1. The van der Waals surface area contributed by atoms with Crippen molar-refractivity contribution in [1.29, 1.82) is 0 Å². The summed E-state index contributed by atoms with van der Waals surface area (Å²) in [5, 5.41) is 0. The lowest BCUT2D eigenvalue weighted by molar-refractivity contribution is 0.100. The molecule has 0 unspecified atom stereocenters. The summed E-state index contributed by atoms with van der Waals surface area (Å²) < 4.78 is 2.99. The number of imidazole rings is 1. The SMILES string of the molecule is CC(C)(Cn1cc[nH]c1=S)C1CCC1. The van der Waals surface area contributed by atoms with Crippen LogP contribution >= 0.6 is 12.2 Å². The Balaban J connectivity index is 2.09. The van der Waals surface area contributed by atoms with Gasteiger partial charge in [-0.05, 0) is 36.4 Å². The van der Waals surface area contributed by atoms with Gasteiger partial charge in [0.25, 0.3) is 0 Å². The molecule has 1 aliphatic rings. The number of nitrogens with one attached hydrogen (secondary N) is 1. The van der Waals surface area contributed by atoms with E-state index in [0.29, 0.717) is 5.41 Å². The Morgan fingerprint density at radius 2 is 2.29 bits per heavy atom. The number of aromatic nitrogens is 2. The summed E-state index contributed by atoms with van der Waals surface area (Å²) in [5.74, 6) is 0.888. The second kappa shape index (κ2) is 3.54. The first-order valence-electron chi connectivity index (χ1n) is 5.33. The Kier molecular flexibility index (Phi) is 2.52. The van der Waals surface area contributed by atoms with Gasteiger partial charge in [0.05, 0.1) is 0 Å². The normalized spacial score (nSPS) is 18.1. The molecular formula is C11H18N2S. The minimum Gasteiger partial charge on any atom is -0.337 e. The van der Waals surface area contributed by atoms with Crippen molar-refractivity contribution in [2.45, 2.75) is 39.7 Å². The standard InChI is InChI=1S/C11H18N2S/c1-11(2,9-4-3-5-9)8-13-7-6-12-10(13)14/h6-7,9H,3-5,8H2,1-2H3,(H,12,14). The van der Waals surface area contributed by atoms with Gasteiger partial charge in [-0.2, -0.15) is 0 Å². The van der Waals surface area contributed by atoms with Gasteiger partial charge in [0.15, 0.2) is 4.77 Å². The fourth-order valence-corrected chi connectivity index (χ4v) is 2.42. The maximum Gasteiger partial charge on any atom is 0.177 e. The molecule has 0 saturated heterocycles. The molecule has 1 N–H and O–H groups in total. The summed E-state index contributed by atoms with van der Waals surface area (Å²) in [4.78, 5) is 3.04. The zero-order valence-corrected chi connectivity index (χ0v) is 9.73. The average Bonchev–Trinajstić information content (AvgIpc) is 2.30. The number of rotatable bonds is 3. The first-order valence-corrected chi connectivity index (χ1v) is 5.74. The predicted octanol–water partition coefficient (Wildman–Crippen LogP) is 3.37. The van der Waals surface area contributed by atoms with E-state index in [0.717, 1.165) is 17.2 Å². The van der Waals surface area contributed by atoms with Crippen molar-refractivity contribution in [3.63, 3.8) is 0 Å². The Bertz CT molecular complexity index is 357. The summed E-state index contributed by atoms with van der Waals surface area (Å²) in [6.07, 6.45) is 8.16. The first kappa shape index (κ1) is 9.97. The van der Waals surface area contributed by atoms with Crippen LogP contribution in [0.4, 0.5) is 0 Å². The van der Waals surface area contributed by atoms with E-state index in [1.807, 2.05) is 12.4 Å². The van der Waals surface area contributed by atoms with Gasteiger partial charge in [-0.1, -0.05) is 20.3 Å². The van der Waals surface area contributed by atoms with Crippen molar-refractivity contribution in [3.8, 4) is 0 Å². The molecule has 1 heterocycles. The molecule has 0 aliphatic heterocycles. The third kappa shape index (κ3) is 1.78. The summed E-state index contributed by atoms with van der Waals surface area (Å²) >= 11 is 5.20. The molecule has 0 spiro atoms. The van der Waals surface area contributed by atoms with Gasteiger partial charge < -0.3 is 9.55 Å². The van der Waals surface area contributed by atoms with Gasteiger partial charge in [0.1, 0.15) is 0 Å². The molecule has 0 bridgehead atoms. The van der Waals surface area contributed by atoms with Crippen molar-refractivity contribution < 1.29 is 0 Å². The third-order valence-corrected chi connectivity index (χ3v) is 3.86. The number of H-pyrrole nitrogens is 1. The largest absolute Gasteiger partial charge is 0.337 e. The van der Waals surface area contributed by atoms with Crippen LogP contribution in [-0.2, 0) is 6.54 Å². The van der Waals surface area contributed by atoms with E-state index in [9.17, 15) is 0 Å². The van der Waals surface area contributed by atoms with E-state index in [4.69, 9.17) is 12.2 Å². The highest BCUT2D eigenvalue weighted by Crippen LogP contribution is 2.42. The number of aromatic amines is 1. The van der Waals surface area contributed by atoms with Gasteiger partial charge >= 0.3 is 0 Å². The van der Waals surface area contributed by atoms with Gasteiger partial charge in [0, 0.05) is 18.9 Å². The highest BCUT2D eigenvalue weighted by atomic mass is 32.1. The monoisotopic (exact) mass is 210 g/mol. The van der Waals surface area contributed by atoms with Crippen LogP contribution in [0.15, 0.2) is 12.4 Å². The Morgan fingerprint density at radius 3 is 2.71 bits per heavy atom. The van der Waals surface area contributed by atoms with Crippen LogP contribution in [0.3, 0.4) is 0 Å². The zero-order valence-electron chi connectivity index (χ0n) is 8.92. The molecule has 1 aliphatic carbocycles. The van der Waals surface area contributed by atoms with E-state index in [-0.39, 0.29) is 0 Å². The van der Waals surface area contributed by atoms with E-state index in [2.05, 4.69) is 23.4 Å². The summed E-state index contributed by atoms with van der Waals surface area (Å²) in [6, 6.07) is 0. The van der Waals surface area contributed by atoms with Crippen LogP contribution in [0.25, 0.3) is 0 Å². The maximum absolute atomic E-state index is 5.20. The number of hydrogen-bond acceptors (Lipinski definition) is 1. The molecular weight excluding hydrogens is 192 g/mol. The molecule has 2 rings (SSSR count). The van der Waals surface area contributed by atoms with Crippen LogP contribution in [0.5, 0.6) is 0 Å². The van der Waals surface area contributed by atoms with Gasteiger partial charge in [-0.3, -0.25) is 0 Å². The van der Waals surface area contributed by atoms with Crippen LogP contribution in [0.1, 0.15) is 33.1 Å². The smallest absolute Gasteiger partial charge is 0.177 e. The first-order chi connectivity index (χ1) is 6.59. The van der Waals surface area contributed by atoms with Crippen molar-refractivity contribution in [2.75, 3.05) is 0 Å². The van der Waals surface area contributed by atoms with E-state index in [1.165, 1.54) is 19.3 Å². The van der Waals surface area contributed by atoms with Gasteiger partial charge in [-0.25, -0.2) is 0 Å². The predicted molar refractivity (Wildman–Crippen MR) is 60.7 cm³/mol. The molecule has 0 aromatic carbocycles.